The summed E-state index contributed by atoms with van der Waals surface area (Å²) in [7, 11) is 0. The third-order valence-corrected chi connectivity index (χ3v) is 5.44. The first-order valence-electron chi connectivity index (χ1n) is 10.0. The second kappa shape index (κ2) is 9.41. The van der Waals surface area contributed by atoms with Gasteiger partial charge in [-0.3, -0.25) is 0 Å². The van der Waals surface area contributed by atoms with Gasteiger partial charge in [0.15, 0.2) is 0 Å². The molecular weight excluding hydrogens is 420 g/mol. The van der Waals surface area contributed by atoms with Crippen molar-refractivity contribution >= 4 is 17.7 Å². The summed E-state index contributed by atoms with van der Waals surface area (Å²) in [5.74, 6) is 1.80. The summed E-state index contributed by atoms with van der Waals surface area (Å²) < 4.78 is 17.3. The first-order valence-corrected chi connectivity index (χ1v) is 10.4. The molecule has 1 fully saturated rings. The molecule has 162 valence electrons. The van der Waals surface area contributed by atoms with E-state index in [2.05, 4.69) is 4.98 Å². The molecule has 2 aromatic carbocycles. The lowest BCUT2D eigenvalue weighted by Gasteiger charge is -2.31. The molecular formula is C23H23ClN2O5. The van der Waals surface area contributed by atoms with E-state index < -0.39 is 6.09 Å². The topological polar surface area (TPSA) is 85.0 Å². The molecule has 0 bridgehead atoms. The summed E-state index contributed by atoms with van der Waals surface area (Å²) in [4.78, 5) is 17.1. The average Bonchev–Trinajstić information content (AvgIpc) is 3.14. The number of oxazole rings is 1. The monoisotopic (exact) mass is 442 g/mol. The fourth-order valence-corrected chi connectivity index (χ4v) is 3.74. The normalized spacial score (nSPS) is 16.3. The molecule has 1 aliphatic heterocycles. The van der Waals surface area contributed by atoms with Crippen molar-refractivity contribution in [2.45, 2.75) is 26.1 Å². The lowest BCUT2D eigenvalue weighted by atomic mass is 10.1. The van der Waals surface area contributed by atoms with Gasteiger partial charge in [0.2, 0.25) is 5.89 Å². The Hall–Kier alpha value is -3.03. The minimum atomic E-state index is -0.923. The summed E-state index contributed by atoms with van der Waals surface area (Å²) in [6, 6.07) is 15.2. The Morgan fingerprint density at radius 1 is 1.29 bits per heavy atom. The van der Waals surface area contributed by atoms with E-state index in [4.69, 9.17) is 30.6 Å². The molecule has 1 aromatic heterocycles. The van der Waals surface area contributed by atoms with Crippen molar-refractivity contribution in [3.05, 3.63) is 70.6 Å². The molecule has 1 N–H and O–H groups in total. The number of carboxylic acid groups (broad SMARTS) is 1. The summed E-state index contributed by atoms with van der Waals surface area (Å²) >= 11 is 6.42. The van der Waals surface area contributed by atoms with Crippen LogP contribution in [-0.4, -0.2) is 46.9 Å². The Kier molecular flexibility index (Phi) is 6.44. The SMILES string of the molecule is Cc1oc(-c2ccccc2)nc1COc1ccc(C[C@@H]2CN(C(=O)O)CCO2)cc1Cl. The molecule has 1 amide bonds. The van der Waals surface area contributed by atoms with Crippen LogP contribution in [0.5, 0.6) is 5.75 Å². The molecule has 7 nitrogen and oxygen atoms in total. The molecule has 31 heavy (non-hydrogen) atoms. The molecule has 1 saturated heterocycles. The maximum absolute atomic E-state index is 11.2. The molecule has 0 aliphatic carbocycles. The van der Waals surface area contributed by atoms with Crippen molar-refractivity contribution in [2.75, 3.05) is 19.7 Å². The van der Waals surface area contributed by atoms with E-state index in [1.807, 2.05) is 55.5 Å². The number of amides is 1. The van der Waals surface area contributed by atoms with Crippen LogP contribution in [0.2, 0.25) is 5.02 Å². The Bertz CT molecular complexity index is 1050. The van der Waals surface area contributed by atoms with E-state index in [9.17, 15) is 4.79 Å². The molecule has 0 unspecified atom stereocenters. The highest BCUT2D eigenvalue weighted by atomic mass is 35.5. The van der Waals surface area contributed by atoms with Crippen molar-refractivity contribution in [1.82, 2.24) is 9.88 Å². The first kappa shape index (κ1) is 21.2. The quantitative estimate of drug-likeness (QED) is 0.590. The van der Waals surface area contributed by atoms with E-state index >= 15 is 0 Å². The van der Waals surface area contributed by atoms with Crippen molar-refractivity contribution in [3.63, 3.8) is 0 Å². The number of hydrogen-bond donors (Lipinski definition) is 1. The first-order chi connectivity index (χ1) is 15.0. The van der Waals surface area contributed by atoms with Crippen molar-refractivity contribution < 1.29 is 23.8 Å². The Labute approximate surface area is 185 Å². The van der Waals surface area contributed by atoms with Gasteiger partial charge in [0.05, 0.1) is 24.3 Å². The summed E-state index contributed by atoms with van der Waals surface area (Å²) in [5.41, 5.74) is 2.58. The van der Waals surface area contributed by atoms with Gasteiger partial charge >= 0.3 is 6.09 Å². The number of ether oxygens (including phenoxy) is 2. The van der Waals surface area contributed by atoms with E-state index in [0.717, 1.165) is 11.1 Å². The number of aryl methyl sites for hydroxylation is 1. The van der Waals surface area contributed by atoms with Gasteiger partial charge in [-0.2, -0.15) is 0 Å². The third kappa shape index (κ3) is 5.18. The van der Waals surface area contributed by atoms with Crippen LogP contribution in [0.3, 0.4) is 0 Å². The van der Waals surface area contributed by atoms with Crippen LogP contribution in [0.1, 0.15) is 17.0 Å². The van der Waals surface area contributed by atoms with Crippen LogP contribution in [0, 0.1) is 6.92 Å². The molecule has 0 saturated carbocycles. The van der Waals surface area contributed by atoms with Gasteiger partial charge in [-0.05, 0) is 36.8 Å². The van der Waals surface area contributed by atoms with Crippen LogP contribution in [0.4, 0.5) is 4.79 Å². The number of benzene rings is 2. The van der Waals surface area contributed by atoms with Crippen molar-refractivity contribution in [3.8, 4) is 17.2 Å². The van der Waals surface area contributed by atoms with Gasteiger partial charge in [-0.1, -0.05) is 35.9 Å². The Morgan fingerprint density at radius 2 is 2.10 bits per heavy atom. The van der Waals surface area contributed by atoms with Crippen LogP contribution in [0.25, 0.3) is 11.5 Å². The lowest BCUT2D eigenvalue weighted by molar-refractivity contribution is -0.0210. The van der Waals surface area contributed by atoms with Crippen molar-refractivity contribution in [1.29, 1.82) is 0 Å². The highest BCUT2D eigenvalue weighted by Crippen LogP contribution is 2.28. The molecule has 4 rings (SSSR count). The largest absolute Gasteiger partial charge is 0.486 e. The number of nitrogens with zero attached hydrogens (tertiary/aromatic N) is 2. The molecule has 1 aliphatic rings. The predicted molar refractivity (Wildman–Crippen MR) is 116 cm³/mol. The molecule has 8 heteroatoms. The number of halogens is 1. The van der Waals surface area contributed by atoms with E-state index in [1.165, 1.54) is 4.90 Å². The second-order valence-electron chi connectivity index (χ2n) is 7.37. The summed E-state index contributed by atoms with van der Waals surface area (Å²) in [5, 5.41) is 9.64. The maximum atomic E-state index is 11.2. The van der Waals surface area contributed by atoms with Crippen LogP contribution >= 0.6 is 11.6 Å². The Balaban J connectivity index is 1.38. The van der Waals surface area contributed by atoms with Crippen LogP contribution < -0.4 is 4.74 Å². The third-order valence-electron chi connectivity index (χ3n) is 5.15. The minimum absolute atomic E-state index is 0.193. The van der Waals surface area contributed by atoms with Gasteiger partial charge < -0.3 is 23.9 Å². The zero-order chi connectivity index (χ0) is 21.8. The lowest BCUT2D eigenvalue weighted by Crippen LogP contribution is -2.45. The zero-order valence-electron chi connectivity index (χ0n) is 17.1. The number of carbonyl (C=O) groups is 1. The van der Waals surface area contributed by atoms with Gasteiger partial charge in [-0.15, -0.1) is 0 Å². The molecule has 0 spiro atoms. The standard InChI is InChI=1S/C23H23ClN2O5/c1-15-20(25-22(31-15)17-5-3-2-4-6-17)14-30-21-8-7-16(12-19(21)24)11-18-13-26(23(27)28)9-10-29-18/h2-8,12,18H,9-11,13-14H2,1H3,(H,27,28)/t18-/m1/s1. The molecule has 3 aromatic rings. The molecule has 0 radical (unpaired) electrons. The fraction of sp³-hybridized carbons (Fsp3) is 0.304. The van der Waals surface area contributed by atoms with E-state index in [-0.39, 0.29) is 12.7 Å². The number of aromatic nitrogens is 1. The highest BCUT2D eigenvalue weighted by Gasteiger charge is 2.24. The van der Waals surface area contributed by atoms with Crippen molar-refractivity contribution in [2.24, 2.45) is 0 Å². The summed E-state index contributed by atoms with van der Waals surface area (Å²) in [6.45, 7) is 3.23. The van der Waals surface area contributed by atoms with Gasteiger partial charge in [0.25, 0.3) is 0 Å². The summed E-state index contributed by atoms with van der Waals surface area (Å²) in [6.07, 6.45) is -0.539. The van der Waals surface area contributed by atoms with Crippen LogP contribution in [-0.2, 0) is 17.8 Å². The van der Waals surface area contributed by atoms with Gasteiger partial charge in [0.1, 0.15) is 23.8 Å². The molecule has 2 heterocycles. The number of morpholine rings is 1. The van der Waals surface area contributed by atoms with Gasteiger partial charge in [-0.25, -0.2) is 9.78 Å². The minimum Gasteiger partial charge on any atom is -0.486 e. The fourth-order valence-electron chi connectivity index (χ4n) is 3.48. The maximum Gasteiger partial charge on any atom is 0.407 e. The highest BCUT2D eigenvalue weighted by molar-refractivity contribution is 6.32. The van der Waals surface area contributed by atoms with E-state index in [1.54, 1.807) is 0 Å². The van der Waals surface area contributed by atoms with Crippen LogP contribution in [0.15, 0.2) is 52.9 Å². The average molecular weight is 443 g/mol. The molecule has 1 atom stereocenters. The predicted octanol–water partition coefficient (Wildman–Crippen LogP) is 4.80. The number of rotatable bonds is 6. The zero-order valence-corrected chi connectivity index (χ0v) is 17.8. The number of hydrogen-bond acceptors (Lipinski definition) is 5. The van der Waals surface area contributed by atoms with E-state index in [0.29, 0.717) is 54.2 Å². The Morgan fingerprint density at radius 3 is 2.84 bits per heavy atom. The second-order valence-corrected chi connectivity index (χ2v) is 7.77. The van der Waals surface area contributed by atoms with Gasteiger partial charge in [0, 0.05) is 18.5 Å². The smallest absolute Gasteiger partial charge is 0.407 e.